The van der Waals surface area contributed by atoms with Crippen LogP contribution in [0.1, 0.15) is 60.3 Å². The fourth-order valence-corrected chi connectivity index (χ4v) is 4.58. The smallest absolute Gasteiger partial charge is 0.193 e. The molecule has 2 unspecified atom stereocenters. The zero-order valence-corrected chi connectivity index (χ0v) is 20.8. The Bertz CT molecular complexity index is 432. The first-order valence-electron chi connectivity index (χ1n) is 11.0. The number of guanidine groups is 1. The van der Waals surface area contributed by atoms with Gasteiger partial charge in [0.05, 0.1) is 6.54 Å². The monoisotopic (exact) mass is 493 g/mol. The van der Waals surface area contributed by atoms with Crippen LogP contribution in [0.2, 0.25) is 0 Å². The Morgan fingerprint density at radius 1 is 1.11 bits per heavy atom. The Hall–Kier alpha value is -0.0800. The largest absolute Gasteiger partial charge is 0.357 e. The summed E-state index contributed by atoms with van der Waals surface area (Å²) in [7, 11) is 0. The van der Waals surface area contributed by atoms with Crippen LogP contribution < -0.4 is 5.32 Å². The standard InChI is InChI=1S/C21H43N5.HI/c1-6-10-21(5)11-9-12-26(18-21)20(22-7-2)23-17-19(4)25-15-13-24(8-3)14-16-25;/h19H,6-18H2,1-5H3,(H,22,23);1H. The average Bonchev–Trinajstić information content (AvgIpc) is 2.65. The van der Waals surface area contributed by atoms with Crippen LogP contribution in [-0.4, -0.2) is 85.6 Å². The van der Waals surface area contributed by atoms with Crippen LogP contribution in [0.4, 0.5) is 0 Å². The Labute approximate surface area is 185 Å². The van der Waals surface area contributed by atoms with Crippen molar-refractivity contribution in [3.8, 4) is 0 Å². The molecule has 2 atom stereocenters. The minimum Gasteiger partial charge on any atom is -0.357 e. The fraction of sp³-hybridized carbons (Fsp3) is 0.952. The van der Waals surface area contributed by atoms with Crippen LogP contribution in [0.3, 0.4) is 0 Å². The van der Waals surface area contributed by atoms with E-state index in [2.05, 4.69) is 54.6 Å². The molecular formula is C21H44IN5. The predicted octanol–water partition coefficient (Wildman–Crippen LogP) is 3.50. The van der Waals surface area contributed by atoms with Gasteiger partial charge in [-0.25, -0.2) is 0 Å². The van der Waals surface area contributed by atoms with E-state index in [9.17, 15) is 0 Å². The van der Waals surface area contributed by atoms with Gasteiger partial charge in [-0.1, -0.05) is 27.2 Å². The minimum absolute atomic E-state index is 0. The molecule has 2 heterocycles. The van der Waals surface area contributed by atoms with Crippen molar-refractivity contribution in [1.29, 1.82) is 0 Å². The van der Waals surface area contributed by atoms with Crippen molar-refractivity contribution in [3.05, 3.63) is 0 Å². The lowest BCUT2D eigenvalue weighted by Gasteiger charge is -2.42. The number of nitrogens with one attached hydrogen (secondary N) is 1. The molecule has 0 spiro atoms. The molecule has 5 nitrogen and oxygen atoms in total. The van der Waals surface area contributed by atoms with Crippen LogP contribution in [0.5, 0.6) is 0 Å². The van der Waals surface area contributed by atoms with Gasteiger partial charge in [0.25, 0.3) is 0 Å². The summed E-state index contributed by atoms with van der Waals surface area (Å²) in [5.41, 5.74) is 0.450. The fourth-order valence-electron chi connectivity index (χ4n) is 4.58. The number of aliphatic imine (C=N–C) groups is 1. The highest BCUT2D eigenvalue weighted by Crippen LogP contribution is 2.33. The summed E-state index contributed by atoms with van der Waals surface area (Å²) in [5.74, 6) is 1.13. The molecule has 0 saturated carbocycles. The number of halogens is 1. The number of hydrogen-bond donors (Lipinski definition) is 1. The van der Waals surface area contributed by atoms with Gasteiger partial charge < -0.3 is 15.1 Å². The number of piperidine rings is 1. The first-order chi connectivity index (χ1) is 12.5. The van der Waals surface area contributed by atoms with Gasteiger partial charge >= 0.3 is 0 Å². The van der Waals surface area contributed by atoms with Gasteiger partial charge in [-0.15, -0.1) is 24.0 Å². The molecule has 0 aromatic heterocycles. The Kier molecular flexibility index (Phi) is 11.5. The molecule has 0 aromatic carbocycles. The number of likely N-dealkylation sites (tertiary alicyclic amines) is 1. The number of piperazine rings is 1. The van der Waals surface area contributed by atoms with Crippen LogP contribution in [0.25, 0.3) is 0 Å². The van der Waals surface area contributed by atoms with E-state index in [1.165, 1.54) is 58.4 Å². The molecule has 2 saturated heterocycles. The minimum atomic E-state index is 0. The van der Waals surface area contributed by atoms with Gasteiger partial charge in [0.15, 0.2) is 5.96 Å². The van der Waals surface area contributed by atoms with E-state index in [0.717, 1.165) is 32.1 Å². The molecule has 27 heavy (non-hydrogen) atoms. The molecular weight excluding hydrogens is 449 g/mol. The van der Waals surface area contributed by atoms with E-state index in [1.807, 2.05) is 0 Å². The second-order valence-corrected chi connectivity index (χ2v) is 8.60. The lowest BCUT2D eigenvalue weighted by atomic mass is 9.78. The van der Waals surface area contributed by atoms with E-state index in [-0.39, 0.29) is 24.0 Å². The summed E-state index contributed by atoms with van der Waals surface area (Å²) in [4.78, 5) is 12.7. The molecule has 2 fully saturated rings. The molecule has 0 amide bonds. The van der Waals surface area contributed by atoms with Crippen LogP contribution >= 0.6 is 24.0 Å². The quantitative estimate of drug-likeness (QED) is 0.335. The van der Waals surface area contributed by atoms with E-state index >= 15 is 0 Å². The predicted molar refractivity (Wildman–Crippen MR) is 128 cm³/mol. The summed E-state index contributed by atoms with van der Waals surface area (Å²) in [6.45, 7) is 21.6. The first-order valence-corrected chi connectivity index (χ1v) is 11.0. The Morgan fingerprint density at radius 3 is 2.41 bits per heavy atom. The Morgan fingerprint density at radius 2 is 1.81 bits per heavy atom. The zero-order chi connectivity index (χ0) is 19.0. The average molecular weight is 494 g/mol. The number of likely N-dealkylation sites (N-methyl/N-ethyl adjacent to an activating group) is 1. The number of rotatable bonds is 7. The lowest BCUT2D eigenvalue weighted by molar-refractivity contribution is 0.108. The summed E-state index contributed by atoms with van der Waals surface area (Å²) < 4.78 is 0. The van der Waals surface area contributed by atoms with Gasteiger partial charge in [-0.3, -0.25) is 9.89 Å². The maximum atomic E-state index is 5.05. The maximum Gasteiger partial charge on any atom is 0.193 e. The van der Waals surface area contributed by atoms with Crippen molar-refractivity contribution < 1.29 is 0 Å². The van der Waals surface area contributed by atoms with Gasteiger partial charge in [-0.2, -0.15) is 0 Å². The van der Waals surface area contributed by atoms with Crippen LogP contribution in [0.15, 0.2) is 4.99 Å². The SMILES string of the molecule is CCCC1(C)CCCN(C(=NCC(C)N2CCN(CC)CC2)NCC)C1.I. The molecule has 0 aliphatic carbocycles. The summed E-state index contributed by atoms with van der Waals surface area (Å²) >= 11 is 0. The van der Waals surface area contributed by atoms with Crippen LogP contribution in [-0.2, 0) is 0 Å². The van der Waals surface area contributed by atoms with Gasteiger partial charge in [0, 0.05) is 51.9 Å². The highest BCUT2D eigenvalue weighted by atomic mass is 127. The number of nitrogens with zero attached hydrogens (tertiary/aromatic N) is 4. The normalized spacial score (nSPS) is 26.6. The van der Waals surface area contributed by atoms with Crippen molar-refractivity contribution >= 4 is 29.9 Å². The van der Waals surface area contributed by atoms with Crippen molar-refractivity contribution in [2.45, 2.75) is 66.3 Å². The van der Waals surface area contributed by atoms with Gasteiger partial charge in [-0.05, 0) is 45.1 Å². The molecule has 6 heteroatoms. The van der Waals surface area contributed by atoms with Gasteiger partial charge in [0.2, 0.25) is 0 Å². The highest BCUT2D eigenvalue weighted by molar-refractivity contribution is 14.0. The topological polar surface area (TPSA) is 34.1 Å². The number of hydrogen-bond acceptors (Lipinski definition) is 3. The molecule has 0 bridgehead atoms. The third-order valence-corrected chi connectivity index (χ3v) is 6.25. The van der Waals surface area contributed by atoms with E-state index in [0.29, 0.717) is 11.5 Å². The Balaban J connectivity index is 0.00000364. The molecule has 2 aliphatic heterocycles. The summed E-state index contributed by atoms with van der Waals surface area (Å²) in [6.07, 6.45) is 5.24. The lowest BCUT2D eigenvalue weighted by Crippen LogP contribution is -2.51. The van der Waals surface area contributed by atoms with E-state index < -0.39 is 0 Å². The second-order valence-electron chi connectivity index (χ2n) is 8.60. The van der Waals surface area contributed by atoms with Crippen molar-refractivity contribution in [2.24, 2.45) is 10.4 Å². The maximum absolute atomic E-state index is 5.05. The zero-order valence-electron chi connectivity index (χ0n) is 18.5. The summed E-state index contributed by atoms with van der Waals surface area (Å²) in [5, 5.41) is 3.56. The van der Waals surface area contributed by atoms with Crippen molar-refractivity contribution in [1.82, 2.24) is 20.0 Å². The van der Waals surface area contributed by atoms with E-state index in [4.69, 9.17) is 4.99 Å². The highest BCUT2D eigenvalue weighted by Gasteiger charge is 2.31. The third-order valence-electron chi connectivity index (χ3n) is 6.25. The molecule has 160 valence electrons. The second kappa shape index (κ2) is 12.5. The first kappa shape index (κ1) is 25.0. The molecule has 2 rings (SSSR count). The van der Waals surface area contributed by atoms with Gasteiger partial charge in [0.1, 0.15) is 0 Å². The van der Waals surface area contributed by atoms with E-state index in [1.54, 1.807) is 0 Å². The summed E-state index contributed by atoms with van der Waals surface area (Å²) in [6, 6.07) is 0.523. The molecule has 0 radical (unpaired) electrons. The van der Waals surface area contributed by atoms with Crippen molar-refractivity contribution in [3.63, 3.8) is 0 Å². The van der Waals surface area contributed by atoms with Crippen LogP contribution in [0, 0.1) is 5.41 Å². The third kappa shape index (κ3) is 7.69. The molecule has 0 aromatic rings. The molecule has 2 aliphatic rings. The van der Waals surface area contributed by atoms with Crippen molar-refractivity contribution in [2.75, 3.05) is 58.9 Å². The molecule has 1 N–H and O–H groups in total.